The lowest BCUT2D eigenvalue weighted by Crippen LogP contribution is -2.20. The first kappa shape index (κ1) is 19.3. The van der Waals surface area contributed by atoms with Crippen LogP contribution < -0.4 is 10.2 Å². The van der Waals surface area contributed by atoms with Gasteiger partial charge in [-0.25, -0.2) is 10.4 Å². The van der Waals surface area contributed by atoms with E-state index < -0.39 is 0 Å². The largest absolute Gasteiger partial charge is 0.496 e. The molecule has 4 aromatic rings. The summed E-state index contributed by atoms with van der Waals surface area (Å²) in [5.41, 5.74) is 6.65. The van der Waals surface area contributed by atoms with Crippen LogP contribution in [0, 0.1) is 0 Å². The van der Waals surface area contributed by atoms with Crippen LogP contribution in [0.2, 0.25) is 0 Å². The number of benzene rings is 2. The van der Waals surface area contributed by atoms with Crippen LogP contribution in [-0.2, 0) is 0 Å². The summed E-state index contributed by atoms with van der Waals surface area (Å²) in [5.74, 6) is 0.375. The second-order valence-electron chi connectivity index (χ2n) is 6.63. The van der Waals surface area contributed by atoms with E-state index >= 15 is 0 Å². The molecule has 0 atom stereocenters. The fraction of sp³-hybridized carbons (Fsp3) is 0.0833. The highest BCUT2D eigenvalue weighted by atomic mass is 16.5. The van der Waals surface area contributed by atoms with Crippen molar-refractivity contribution in [3.8, 4) is 17.1 Å². The minimum absolute atomic E-state index is 0.319. The van der Waals surface area contributed by atoms with Crippen molar-refractivity contribution in [3.05, 3.63) is 90.1 Å². The van der Waals surface area contributed by atoms with Crippen LogP contribution in [0.3, 0.4) is 0 Å². The van der Waals surface area contributed by atoms with Gasteiger partial charge >= 0.3 is 0 Å². The number of aromatic nitrogens is 2. The average molecular weight is 396 g/mol. The number of carbonyl (C=O) groups excluding carboxylic acids is 1. The van der Waals surface area contributed by atoms with E-state index in [9.17, 15) is 4.79 Å². The van der Waals surface area contributed by atoms with Crippen molar-refractivity contribution in [1.82, 2.24) is 15.4 Å². The van der Waals surface area contributed by atoms with Gasteiger partial charge in [-0.05, 0) is 43.3 Å². The Morgan fingerprint density at radius 1 is 0.933 bits per heavy atom. The van der Waals surface area contributed by atoms with Crippen molar-refractivity contribution in [2.75, 3.05) is 7.11 Å². The average Bonchev–Trinajstić information content (AvgIpc) is 2.82. The highest BCUT2D eigenvalue weighted by Crippen LogP contribution is 2.24. The Bertz CT molecular complexity index is 1240. The van der Waals surface area contributed by atoms with Crippen molar-refractivity contribution in [3.63, 3.8) is 0 Å². The van der Waals surface area contributed by atoms with Gasteiger partial charge in [0.1, 0.15) is 5.75 Å². The molecule has 4 rings (SSSR count). The van der Waals surface area contributed by atoms with Crippen LogP contribution >= 0.6 is 0 Å². The van der Waals surface area contributed by atoms with Gasteiger partial charge in [-0.15, -0.1) is 0 Å². The van der Waals surface area contributed by atoms with Gasteiger partial charge in [0.2, 0.25) is 0 Å². The van der Waals surface area contributed by atoms with E-state index in [0.717, 1.165) is 16.5 Å². The van der Waals surface area contributed by atoms with E-state index in [1.807, 2.05) is 73.7 Å². The van der Waals surface area contributed by atoms with Crippen molar-refractivity contribution in [2.45, 2.75) is 6.92 Å². The maximum Gasteiger partial charge on any atom is 0.272 e. The molecule has 6 nitrogen and oxygen atoms in total. The van der Waals surface area contributed by atoms with Crippen molar-refractivity contribution in [1.29, 1.82) is 0 Å². The molecule has 30 heavy (non-hydrogen) atoms. The maximum atomic E-state index is 13.0. The monoisotopic (exact) mass is 396 g/mol. The molecule has 2 aromatic heterocycles. The fourth-order valence-corrected chi connectivity index (χ4v) is 3.21. The van der Waals surface area contributed by atoms with Crippen molar-refractivity contribution < 1.29 is 9.53 Å². The zero-order valence-corrected chi connectivity index (χ0v) is 16.7. The zero-order chi connectivity index (χ0) is 20.9. The summed E-state index contributed by atoms with van der Waals surface area (Å²) in [6.45, 7) is 1.82. The summed E-state index contributed by atoms with van der Waals surface area (Å²) in [4.78, 5) is 22.0. The molecule has 0 spiro atoms. The van der Waals surface area contributed by atoms with Gasteiger partial charge in [0.05, 0.1) is 35.3 Å². The van der Waals surface area contributed by atoms with Crippen LogP contribution in [-0.4, -0.2) is 28.7 Å². The number of amides is 1. The summed E-state index contributed by atoms with van der Waals surface area (Å²) in [5, 5.41) is 5.04. The third-order valence-electron chi connectivity index (χ3n) is 4.71. The Kier molecular flexibility index (Phi) is 5.48. The molecular formula is C24H20N4O2. The Hall–Kier alpha value is -4.06. The normalized spacial score (nSPS) is 11.3. The third kappa shape index (κ3) is 3.89. The van der Waals surface area contributed by atoms with Crippen LogP contribution in [0.15, 0.2) is 84.1 Å². The van der Waals surface area contributed by atoms with Crippen LogP contribution in [0.5, 0.6) is 5.75 Å². The van der Waals surface area contributed by atoms with E-state index in [4.69, 9.17) is 4.74 Å². The molecule has 1 N–H and O–H groups in total. The number of hydrogen-bond donors (Lipinski definition) is 1. The van der Waals surface area contributed by atoms with Gasteiger partial charge in [0.25, 0.3) is 5.91 Å². The number of ether oxygens (including phenoxy) is 1. The van der Waals surface area contributed by atoms with Crippen LogP contribution in [0.25, 0.3) is 22.3 Å². The number of para-hydroxylation sites is 2. The summed E-state index contributed by atoms with van der Waals surface area (Å²) in [6.07, 6.45) is 1.70. The van der Waals surface area contributed by atoms with Gasteiger partial charge < -0.3 is 4.74 Å². The predicted octanol–water partition coefficient (Wildman–Crippen LogP) is 4.46. The van der Waals surface area contributed by atoms with Crippen LogP contribution in [0.4, 0.5) is 0 Å². The number of nitrogens with zero attached hydrogens (tertiary/aromatic N) is 3. The molecule has 148 valence electrons. The Labute approximate surface area is 174 Å². The van der Waals surface area contributed by atoms with Crippen molar-refractivity contribution >= 4 is 22.5 Å². The minimum atomic E-state index is -0.319. The lowest BCUT2D eigenvalue weighted by atomic mass is 10.1. The number of methoxy groups -OCH3 is 1. The van der Waals surface area contributed by atoms with E-state index in [0.29, 0.717) is 28.4 Å². The lowest BCUT2D eigenvalue weighted by Gasteiger charge is -2.10. The first-order chi connectivity index (χ1) is 14.7. The molecule has 2 heterocycles. The number of rotatable bonds is 5. The standard InChI is InChI=1S/C24H20N4O2/c1-16(17-9-4-6-13-23(17)30-2)27-28-24(29)19-15-22(21-12-7-8-14-25-21)26-20-11-5-3-10-18(19)20/h3-15H,1-2H3,(H,28,29)/b27-16-. The zero-order valence-electron chi connectivity index (χ0n) is 16.7. The minimum Gasteiger partial charge on any atom is -0.496 e. The molecule has 0 aliphatic rings. The molecule has 2 aromatic carbocycles. The number of nitrogens with one attached hydrogen (secondary N) is 1. The molecule has 0 saturated carbocycles. The number of fused-ring (bicyclic) bond motifs is 1. The summed E-state index contributed by atoms with van der Waals surface area (Å²) in [6, 6.07) is 22.4. The van der Waals surface area contributed by atoms with E-state index in [1.165, 1.54) is 0 Å². The molecule has 0 aliphatic carbocycles. The van der Waals surface area contributed by atoms with Crippen molar-refractivity contribution in [2.24, 2.45) is 5.10 Å². The number of carbonyl (C=O) groups is 1. The molecule has 0 bridgehead atoms. The topological polar surface area (TPSA) is 76.5 Å². The predicted molar refractivity (Wildman–Crippen MR) is 118 cm³/mol. The number of pyridine rings is 2. The second-order valence-corrected chi connectivity index (χ2v) is 6.63. The van der Waals surface area contributed by atoms with E-state index in [1.54, 1.807) is 19.4 Å². The highest BCUT2D eigenvalue weighted by Gasteiger charge is 2.14. The quantitative estimate of drug-likeness (QED) is 0.399. The first-order valence-corrected chi connectivity index (χ1v) is 9.46. The van der Waals surface area contributed by atoms with Gasteiger partial charge in [-0.2, -0.15) is 5.10 Å². The fourth-order valence-electron chi connectivity index (χ4n) is 3.21. The van der Waals surface area contributed by atoms with Gasteiger partial charge in [-0.1, -0.05) is 36.4 Å². The number of hydrazone groups is 1. The first-order valence-electron chi connectivity index (χ1n) is 9.46. The third-order valence-corrected chi connectivity index (χ3v) is 4.71. The molecule has 0 unspecified atom stereocenters. The van der Waals surface area contributed by atoms with E-state index in [-0.39, 0.29) is 5.91 Å². The summed E-state index contributed by atoms with van der Waals surface area (Å²) in [7, 11) is 1.60. The SMILES string of the molecule is COc1ccccc1/C(C)=N\NC(=O)c1cc(-c2ccccn2)nc2ccccc12. The molecule has 0 saturated heterocycles. The number of hydrogen-bond acceptors (Lipinski definition) is 5. The van der Waals surface area contributed by atoms with E-state index in [2.05, 4.69) is 20.5 Å². The molecule has 0 radical (unpaired) electrons. The molecule has 6 heteroatoms. The lowest BCUT2D eigenvalue weighted by molar-refractivity contribution is 0.0956. The van der Waals surface area contributed by atoms with Crippen LogP contribution in [0.1, 0.15) is 22.8 Å². The molecule has 0 fully saturated rings. The van der Waals surface area contributed by atoms with Gasteiger partial charge in [0.15, 0.2) is 0 Å². The second kappa shape index (κ2) is 8.53. The maximum absolute atomic E-state index is 13.0. The molecular weight excluding hydrogens is 376 g/mol. The molecule has 0 aliphatic heterocycles. The molecule has 1 amide bonds. The summed E-state index contributed by atoms with van der Waals surface area (Å²) < 4.78 is 5.37. The summed E-state index contributed by atoms with van der Waals surface area (Å²) >= 11 is 0. The highest BCUT2D eigenvalue weighted by molar-refractivity contribution is 6.08. The smallest absolute Gasteiger partial charge is 0.272 e. The van der Waals surface area contributed by atoms with Gasteiger partial charge in [-0.3, -0.25) is 9.78 Å². The Morgan fingerprint density at radius 2 is 1.70 bits per heavy atom. The Balaban J connectivity index is 1.71. The van der Waals surface area contributed by atoms with Gasteiger partial charge in [0, 0.05) is 17.1 Å². The Morgan fingerprint density at radius 3 is 2.50 bits per heavy atom.